The van der Waals surface area contributed by atoms with Crippen LogP contribution in [-0.2, 0) is 32.1 Å². The molecule has 3 aliphatic heterocycles. The Morgan fingerprint density at radius 3 is 2.26 bits per heavy atom. The SMILES string of the molecule is CCOC(=O)N(CCCC(=O)OC)CP(=O)([O-])CC[Si]12OCCN(CCO1)CCO2.[Na+]. The summed E-state index contributed by atoms with van der Waals surface area (Å²) in [4.78, 5) is 39.6. The van der Waals surface area contributed by atoms with Crippen LogP contribution in [-0.4, -0.2) is 103 Å². The van der Waals surface area contributed by atoms with Crippen LogP contribution in [0.3, 0.4) is 0 Å². The first-order valence-corrected chi connectivity index (χ1v) is 14.1. The Balaban J connectivity index is 0.00000480. The minimum Gasteiger partial charge on any atom is -0.798 e. The van der Waals surface area contributed by atoms with Crippen molar-refractivity contribution in [3.05, 3.63) is 0 Å². The van der Waals surface area contributed by atoms with E-state index in [0.29, 0.717) is 19.8 Å². The number of hydrogen-bond donors (Lipinski definition) is 0. The van der Waals surface area contributed by atoms with Gasteiger partial charge in [-0.2, -0.15) is 0 Å². The van der Waals surface area contributed by atoms with Crippen LogP contribution >= 0.6 is 7.37 Å². The average Bonchev–Trinajstić information content (AvgIpc) is 2.65. The van der Waals surface area contributed by atoms with E-state index in [1.165, 1.54) is 7.11 Å². The Labute approximate surface area is 206 Å². The summed E-state index contributed by atoms with van der Waals surface area (Å²) in [5, 5.41) is 0. The normalized spacial score (nSPS) is 25.2. The number of methoxy groups -OCH3 is 1. The molecule has 0 aromatic rings. The molecule has 3 rings (SSSR count). The van der Waals surface area contributed by atoms with Crippen molar-refractivity contribution in [2.45, 2.75) is 25.8 Å². The number of ether oxygens (including phenoxy) is 2. The molecule has 174 valence electrons. The molecule has 2 bridgehead atoms. The van der Waals surface area contributed by atoms with Gasteiger partial charge in [0.15, 0.2) is 0 Å². The van der Waals surface area contributed by atoms with Gasteiger partial charge in [0.25, 0.3) is 0 Å². The van der Waals surface area contributed by atoms with Crippen molar-refractivity contribution in [1.29, 1.82) is 0 Å². The van der Waals surface area contributed by atoms with E-state index in [9.17, 15) is 19.0 Å². The molecule has 1 amide bonds. The quantitative estimate of drug-likeness (QED) is 0.182. The molecule has 0 spiro atoms. The van der Waals surface area contributed by atoms with Crippen LogP contribution in [0.15, 0.2) is 0 Å². The van der Waals surface area contributed by atoms with E-state index in [0.717, 1.165) is 24.5 Å². The van der Waals surface area contributed by atoms with Crippen molar-refractivity contribution in [2.24, 2.45) is 0 Å². The number of amides is 1. The first-order valence-electron chi connectivity index (χ1n) is 10.2. The van der Waals surface area contributed by atoms with Crippen LogP contribution in [0.4, 0.5) is 4.79 Å². The Morgan fingerprint density at radius 2 is 1.74 bits per heavy atom. The molecule has 0 N–H and O–H groups in total. The maximum Gasteiger partial charge on any atom is 1.00 e. The molecule has 14 heteroatoms. The van der Waals surface area contributed by atoms with Gasteiger partial charge < -0.3 is 37.1 Å². The van der Waals surface area contributed by atoms with Gasteiger partial charge in [-0.1, -0.05) is 0 Å². The maximum atomic E-state index is 12.8. The van der Waals surface area contributed by atoms with E-state index in [-0.39, 0.29) is 67.8 Å². The predicted molar refractivity (Wildman–Crippen MR) is 107 cm³/mol. The summed E-state index contributed by atoms with van der Waals surface area (Å²) in [5.74, 6) is -0.423. The second kappa shape index (κ2) is 14.3. The topological polar surface area (TPSA) is 127 Å². The third-order valence-electron chi connectivity index (χ3n) is 4.90. The first-order chi connectivity index (χ1) is 14.3. The third kappa shape index (κ3) is 10.2. The Morgan fingerprint density at radius 1 is 1.16 bits per heavy atom. The van der Waals surface area contributed by atoms with Crippen molar-refractivity contribution >= 4 is 28.2 Å². The van der Waals surface area contributed by atoms with Crippen molar-refractivity contribution in [3.8, 4) is 0 Å². The van der Waals surface area contributed by atoms with E-state index < -0.39 is 34.5 Å². The summed E-state index contributed by atoms with van der Waals surface area (Å²) in [6.45, 7) is 5.48. The number of carbonyl (C=O) groups is 2. The van der Waals surface area contributed by atoms with E-state index in [4.69, 9.17) is 18.0 Å². The molecule has 3 heterocycles. The van der Waals surface area contributed by atoms with Crippen LogP contribution in [0.1, 0.15) is 19.8 Å². The molecule has 0 saturated carbocycles. The summed E-state index contributed by atoms with van der Waals surface area (Å²) in [7, 11) is -5.80. The maximum absolute atomic E-state index is 12.8. The van der Waals surface area contributed by atoms with Gasteiger partial charge in [0.1, 0.15) is 0 Å². The molecule has 0 aromatic carbocycles. The van der Waals surface area contributed by atoms with E-state index in [1.807, 2.05) is 0 Å². The smallest absolute Gasteiger partial charge is 0.798 e. The fraction of sp³-hybridized carbons (Fsp3) is 0.882. The molecule has 3 fully saturated rings. The molecular weight excluding hydrogens is 458 g/mol. The minimum atomic E-state index is -4.00. The predicted octanol–water partition coefficient (Wildman–Crippen LogP) is -2.68. The van der Waals surface area contributed by atoms with Crippen LogP contribution < -0.4 is 34.5 Å². The van der Waals surface area contributed by atoms with Gasteiger partial charge >= 0.3 is 50.4 Å². The van der Waals surface area contributed by atoms with Crippen LogP contribution in [0.25, 0.3) is 0 Å². The van der Waals surface area contributed by atoms with Gasteiger partial charge in [-0.3, -0.25) is 9.69 Å². The van der Waals surface area contributed by atoms with Crippen LogP contribution in [0.2, 0.25) is 6.04 Å². The van der Waals surface area contributed by atoms with Gasteiger partial charge in [-0.15, -0.1) is 0 Å². The Hall–Kier alpha value is -0.0131. The number of nitrogens with zero attached hydrogens (tertiary/aromatic N) is 2. The number of rotatable bonds is 10. The van der Waals surface area contributed by atoms with Crippen molar-refractivity contribution in [1.82, 2.24) is 9.80 Å². The van der Waals surface area contributed by atoms with Crippen molar-refractivity contribution < 1.29 is 71.4 Å². The molecule has 11 nitrogen and oxygen atoms in total. The summed E-state index contributed by atoms with van der Waals surface area (Å²) < 4.78 is 39.9. The fourth-order valence-corrected chi connectivity index (χ4v) is 8.52. The zero-order valence-electron chi connectivity index (χ0n) is 18.7. The van der Waals surface area contributed by atoms with Crippen LogP contribution in [0, 0.1) is 0 Å². The minimum absolute atomic E-state index is 0. The number of fused-ring (bicyclic) bond motifs is 6. The standard InChI is InChI=1S/C17H33N2O9PSi.Na/c1-3-25-17(21)19(6-4-5-16(20)24-2)15-29(22,23)13-14-30-26-10-7-18(8-11-27-30)9-12-28-30;/h3-15H2,1-2H3,(H,22,23);/q;+1/p-1. The molecule has 1 atom stereocenters. The number of hydrogen-bond acceptors (Lipinski definition) is 10. The zero-order valence-corrected chi connectivity index (χ0v) is 22.6. The summed E-state index contributed by atoms with van der Waals surface area (Å²) in [6, 6.07) is 0.145. The first kappa shape index (κ1) is 29.0. The van der Waals surface area contributed by atoms with Gasteiger partial charge in [-0.05, 0) is 19.5 Å². The fourth-order valence-electron chi connectivity index (χ4n) is 3.26. The van der Waals surface area contributed by atoms with Crippen molar-refractivity contribution in [2.75, 3.05) is 72.2 Å². The average molecular weight is 490 g/mol. The second-order valence-electron chi connectivity index (χ2n) is 7.14. The summed E-state index contributed by atoms with van der Waals surface area (Å²) in [6.07, 6.45) is -1.05. The number of esters is 1. The van der Waals surface area contributed by atoms with Crippen LogP contribution in [0.5, 0.6) is 0 Å². The molecule has 1 unspecified atom stereocenters. The van der Waals surface area contributed by atoms with Crippen molar-refractivity contribution in [3.63, 3.8) is 0 Å². The Bertz CT molecular complexity index is 604. The number of carbonyl (C=O) groups excluding carboxylic acids is 2. The molecular formula is C17H32N2NaO9PSi. The molecule has 0 aliphatic carbocycles. The molecule has 31 heavy (non-hydrogen) atoms. The molecule has 3 saturated heterocycles. The Kier molecular flexibility index (Phi) is 13.4. The summed E-state index contributed by atoms with van der Waals surface area (Å²) in [5.41, 5.74) is 0. The van der Waals surface area contributed by atoms with Gasteiger partial charge in [0.2, 0.25) is 0 Å². The van der Waals surface area contributed by atoms with Gasteiger partial charge in [-0.25, -0.2) is 4.79 Å². The summed E-state index contributed by atoms with van der Waals surface area (Å²) >= 11 is 0. The second-order valence-corrected chi connectivity index (χ2v) is 12.2. The van der Waals surface area contributed by atoms with E-state index in [1.54, 1.807) is 6.92 Å². The van der Waals surface area contributed by atoms with E-state index in [2.05, 4.69) is 9.64 Å². The van der Waals surface area contributed by atoms with Gasteiger partial charge in [0, 0.05) is 46.0 Å². The molecule has 0 aromatic heterocycles. The molecule has 0 radical (unpaired) electrons. The molecule has 3 aliphatic rings. The zero-order chi connectivity index (χ0) is 22.0. The third-order valence-corrected chi connectivity index (χ3v) is 9.79. The van der Waals surface area contributed by atoms with E-state index >= 15 is 0 Å². The monoisotopic (exact) mass is 490 g/mol. The van der Waals surface area contributed by atoms with Gasteiger partial charge in [0.05, 0.1) is 39.8 Å². The largest absolute Gasteiger partial charge is 1.00 e.